The van der Waals surface area contributed by atoms with Gasteiger partial charge in [-0.05, 0) is 61.8 Å². The van der Waals surface area contributed by atoms with Gasteiger partial charge in [0.25, 0.3) is 0 Å². The number of hydrogen-bond donors (Lipinski definition) is 0. The molecular weight excluding hydrogens is 328 g/mol. The van der Waals surface area contributed by atoms with Gasteiger partial charge in [0.05, 0.1) is 17.1 Å². The summed E-state index contributed by atoms with van der Waals surface area (Å²) in [4.78, 5) is 9.36. The van der Waals surface area contributed by atoms with Crippen LogP contribution in [0.3, 0.4) is 0 Å². The molecule has 0 atom stereocenters. The second-order valence-electron chi connectivity index (χ2n) is 9.00. The van der Waals surface area contributed by atoms with Gasteiger partial charge in [-0.15, -0.1) is 0 Å². The lowest BCUT2D eigenvalue weighted by atomic mass is 9.91. The third-order valence-corrected chi connectivity index (χ3v) is 5.18. The van der Waals surface area contributed by atoms with Crippen LogP contribution in [0.4, 0.5) is 0 Å². The summed E-state index contributed by atoms with van der Waals surface area (Å²) in [6.07, 6.45) is 0. The topological polar surface area (TPSA) is 24.7 Å². The lowest BCUT2D eigenvalue weighted by Gasteiger charge is -2.22. The molecule has 0 aliphatic carbocycles. The summed E-state index contributed by atoms with van der Waals surface area (Å²) < 4.78 is 0. The Labute approximate surface area is 165 Å². The number of aliphatic imine (C=N–C) groups is 2. The quantitative estimate of drug-likeness (QED) is 0.482. The van der Waals surface area contributed by atoms with Gasteiger partial charge < -0.3 is 0 Å². The lowest BCUT2D eigenvalue weighted by Crippen LogP contribution is -2.16. The Morgan fingerprint density at radius 2 is 1.04 bits per heavy atom. The molecule has 0 spiro atoms. The Morgan fingerprint density at radius 3 is 1.37 bits per heavy atom. The monoisotopic (exact) mass is 362 g/mol. The maximum Gasteiger partial charge on any atom is 0.0910 e. The highest BCUT2D eigenvalue weighted by molar-refractivity contribution is 5.46. The second kappa shape index (κ2) is 8.23. The van der Waals surface area contributed by atoms with Gasteiger partial charge in [0.1, 0.15) is 0 Å². The van der Waals surface area contributed by atoms with Crippen LogP contribution in [0.2, 0.25) is 0 Å². The molecule has 0 amide bonds. The van der Waals surface area contributed by atoms with Gasteiger partial charge in [0, 0.05) is 0 Å². The van der Waals surface area contributed by atoms with Crippen LogP contribution in [0.1, 0.15) is 89.5 Å². The van der Waals surface area contributed by atoms with Gasteiger partial charge in [0.2, 0.25) is 0 Å². The Hall–Kier alpha value is -2.18. The smallest absolute Gasteiger partial charge is 0.0910 e. The molecule has 2 rings (SSSR count). The largest absolute Gasteiger partial charge is 0.215 e. The minimum Gasteiger partial charge on any atom is -0.215 e. The average molecular weight is 363 g/mol. The molecule has 2 nitrogen and oxygen atoms in total. The van der Waals surface area contributed by atoms with Gasteiger partial charge in [-0.1, -0.05) is 76.2 Å². The molecule has 0 bridgehead atoms. The van der Waals surface area contributed by atoms with Crippen molar-refractivity contribution in [1.82, 2.24) is 0 Å². The van der Waals surface area contributed by atoms with Crippen LogP contribution < -0.4 is 0 Å². The molecule has 2 heteroatoms. The molecule has 0 heterocycles. The van der Waals surface area contributed by atoms with E-state index in [0.717, 1.165) is 0 Å². The van der Waals surface area contributed by atoms with Crippen LogP contribution in [0.25, 0.3) is 0 Å². The summed E-state index contributed by atoms with van der Waals surface area (Å²) in [6.45, 7) is 17.3. The van der Waals surface area contributed by atoms with Crippen LogP contribution in [0.15, 0.2) is 58.5 Å². The van der Waals surface area contributed by atoms with E-state index in [0.29, 0.717) is 11.8 Å². The first kappa shape index (κ1) is 21.1. The molecule has 27 heavy (non-hydrogen) atoms. The molecule has 0 N–H and O–H groups in total. The van der Waals surface area contributed by atoms with Gasteiger partial charge in [0.15, 0.2) is 0 Å². The minimum absolute atomic E-state index is 0.357. The third-order valence-electron chi connectivity index (χ3n) is 5.18. The normalized spacial score (nSPS) is 12.2. The Balaban J connectivity index is 2.30. The zero-order valence-electron chi connectivity index (χ0n) is 18.2. The third kappa shape index (κ3) is 5.40. The summed E-state index contributed by atoms with van der Waals surface area (Å²) in [5, 5.41) is 0. The van der Waals surface area contributed by atoms with Crippen LogP contribution in [-0.4, -0.2) is 6.01 Å². The number of benzene rings is 2. The first-order valence-electron chi connectivity index (χ1n) is 9.92. The van der Waals surface area contributed by atoms with Crippen molar-refractivity contribution < 1.29 is 0 Å². The van der Waals surface area contributed by atoms with E-state index in [-0.39, 0.29) is 11.1 Å². The lowest BCUT2D eigenvalue weighted by molar-refractivity contribution is 0.543. The zero-order chi connectivity index (χ0) is 20.2. The number of nitrogens with zero attached hydrogens (tertiary/aromatic N) is 2. The van der Waals surface area contributed by atoms with Crippen molar-refractivity contribution in [2.24, 2.45) is 9.98 Å². The maximum absolute atomic E-state index is 4.68. The standard InChI is InChI=1S/C25H34N2/c1-18(2)20-11-9-13-22(15-20)24(5,6)26-17-27-25(7,8)23-14-10-12-21(16-23)19(3)4/h9-16,18-19H,1-8H3. The van der Waals surface area contributed by atoms with E-state index in [9.17, 15) is 0 Å². The van der Waals surface area contributed by atoms with Crippen LogP contribution in [-0.2, 0) is 11.1 Å². The van der Waals surface area contributed by atoms with Crippen molar-refractivity contribution >= 4 is 6.01 Å². The van der Waals surface area contributed by atoms with Crippen LogP contribution in [0.5, 0.6) is 0 Å². The molecule has 0 unspecified atom stereocenters. The van der Waals surface area contributed by atoms with Gasteiger partial charge in [-0.2, -0.15) is 0 Å². The molecule has 0 radical (unpaired) electrons. The molecule has 2 aromatic rings. The second-order valence-corrected chi connectivity index (χ2v) is 9.00. The van der Waals surface area contributed by atoms with E-state index in [1.54, 1.807) is 0 Å². The predicted molar refractivity (Wildman–Crippen MR) is 117 cm³/mol. The highest BCUT2D eigenvalue weighted by Gasteiger charge is 2.22. The molecule has 0 aromatic heterocycles. The Morgan fingerprint density at radius 1 is 0.667 bits per heavy atom. The van der Waals surface area contributed by atoms with Gasteiger partial charge in [-0.25, -0.2) is 9.98 Å². The van der Waals surface area contributed by atoms with Crippen LogP contribution in [0, 0.1) is 0 Å². The fourth-order valence-corrected chi connectivity index (χ4v) is 2.96. The highest BCUT2D eigenvalue weighted by Crippen LogP contribution is 2.29. The first-order valence-corrected chi connectivity index (χ1v) is 9.92. The number of hydrogen-bond acceptors (Lipinski definition) is 2. The van der Waals surface area contributed by atoms with E-state index < -0.39 is 0 Å². The fourth-order valence-electron chi connectivity index (χ4n) is 2.96. The molecule has 0 aliphatic rings. The Kier molecular flexibility index (Phi) is 6.44. The SMILES string of the molecule is CC(C)c1cccc(C(C)(C)N=C=NC(C)(C)c2cccc(C(C)C)c2)c1. The molecule has 2 aromatic carbocycles. The van der Waals surface area contributed by atoms with Gasteiger partial charge >= 0.3 is 0 Å². The molecular formula is C25H34N2. The van der Waals surface area contributed by atoms with Crippen molar-refractivity contribution in [3.8, 4) is 0 Å². The van der Waals surface area contributed by atoms with E-state index >= 15 is 0 Å². The van der Waals surface area contributed by atoms with E-state index in [1.807, 2.05) is 0 Å². The van der Waals surface area contributed by atoms with Crippen molar-refractivity contribution in [3.05, 3.63) is 70.8 Å². The summed E-state index contributed by atoms with van der Waals surface area (Å²) in [5.74, 6) is 1.01. The highest BCUT2D eigenvalue weighted by atomic mass is 14.9. The molecule has 144 valence electrons. The van der Waals surface area contributed by atoms with Crippen LogP contribution >= 0.6 is 0 Å². The Bertz CT molecular complexity index is 767. The van der Waals surface area contributed by atoms with E-state index in [2.05, 4.69) is 120 Å². The average Bonchev–Trinajstić information content (AvgIpc) is 2.61. The fraction of sp³-hybridized carbons (Fsp3) is 0.480. The van der Waals surface area contributed by atoms with Crippen molar-refractivity contribution in [3.63, 3.8) is 0 Å². The van der Waals surface area contributed by atoms with Crippen molar-refractivity contribution in [1.29, 1.82) is 0 Å². The summed E-state index contributed by atoms with van der Waals surface area (Å²) in [6, 6.07) is 20.3. The van der Waals surface area contributed by atoms with Gasteiger partial charge in [-0.3, -0.25) is 0 Å². The minimum atomic E-state index is -0.357. The summed E-state index contributed by atoms with van der Waals surface area (Å²) >= 11 is 0. The van der Waals surface area contributed by atoms with Crippen molar-refractivity contribution in [2.45, 2.75) is 78.3 Å². The zero-order valence-corrected chi connectivity index (χ0v) is 18.2. The van der Waals surface area contributed by atoms with E-state index in [1.165, 1.54) is 22.3 Å². The molecule has 0 aliphatic heterocycles. The summed E-state index contributed by atoms with van der Waals surface area (Å²) in [5.41, 5.74) is 4.33. The number of rotatable bonds is 6. The molecule has 0 fully saturated rings. The maximum atomic E-state index is 4.68. The predicted octanol–water partition coefficient (Wildman–Crippen LogP) is 7.28. The molecule has 0 saturated carbocycles. The summed E-state index contributed by atoms with van der Waals surface area (Å²) in [7, 11) is 0. The van der Waals surface area contributed by atoms with Crippen molar-refractivity contribution in [2.75, 3.05) is 0 Å². The first-order chi connectivity index (χ1) is 12.5. The van der Waals surface area contributed by atoms with E-state index in [4.69, 9.17) is 0 Å². The molecule has 0 saturated heterocycles.